The highest BCUT2D eigenvalue weighted by atomic mass is 16.5. The normalized spacial score (nSPS) is 19.1. The maximum absolute atomic E-state index is 12.3. The molecule has 0 radical (unpaired) electrons. The van der Waals surface area contributed by atoms with Gasteiger partial charge in [0.05, 0.1) is 6.10 Å². The van der Waals surface area contributed by atoms with Gasteiger partial charge in [0.15, 0.2) is 0 Å². The minimum absolute atomic E-state index is 0.00114. The molecule has 2 aliphatic rings. The van der Waals surface area contributed by atoms with Crippen LogP contribution in [0.3, 0.4) is 0 Å². The number of carboxylic acids is 1. The molecule has 4 rings (SSSR count). The number of aliphatic carboxylic acids is 1. The average molecular weight is 453 g/mol. The van der Waals surface area contributed by atoms with Crippen LogP contribution in [0.4, 0.5) is 4.79 Å². The lowest BCUT2D eigenvalue weighted by Gasteiger charge is -2.21. The van der Waals surface area contributed by atoms with Crippen molar-refractivity contribution in [2.75, 3.05) is 19.7 Å². The van der Waals surface area contributed by atoms with Gasteiger partial charge in [0.2, 0.25) is 5.91 Å². The number of likely N-dealkylation sites (tertiary alicyclic amines) is 1. The molecule has 2 amide bonds. The number of hydrogen-bond acceptors (Lipinski definition) is 5. The number of β-amino-alcohol motifs (C(OH)–C–C–N with tert-alkyl or cyclic N) is 1. The van der Waals surface area contributed by atoms with Crippen molar-refractivity contribution in [3.63, 3.8) is 0 Å². The zero-order valence-electron chi connectivity index (χ0n) is 18.3. The minimum Gasteiger partial charge on any atom is -0.480 e. The van der Waals surface area contributed by atoms with Crippen LogP contribution < -0.4 is 5.32 Å². The van der Waals surface area contributed by atoms with Crippen molar-refractivity contribution < 1.29 is 29.3 Å². The number of ether oxygens (including phenoxy) is 1. The Balaban J connectivity index is 1.19. The number of unbranched alkanes of at least 4 members (excludes halogenated alkanes) is 1. The number of benzene rings is 2. The molecule has 2 aromatic carbocycles. The van der Waals surface area contributed by atoms with Crippen molar-refractivity contribution in [1.82, 2.24) is 10.2 Å². The lowest BCUT2D eigenvalue weighted by molar-refractivity contribution is -0.148. The van der Waals surface area contributed by atoms with E-state index in [-0.39, 0.29) is 37.8 Å². The van der Waals surface area contributed by atoms with E-state index in [1.807, 2.05) is 24.3 Å². The van der Waals surface area contributed by atoms with Crippen molar-refractivity contribution in [3.8, 4) is 11.1 Å². The van der Waals surface area contributed by atoms with Gasteiger partial charge in [-0.3, -0.25) is 4.79 Å². The van der Waals surface area contributed by atoms with Gasteiger partial charge in [-0.15, -0.1) is 0 Å². The van der Waals surface area contributed by atoms with Gasteiger partial charge >= 0.3 is 12.1 Å². The third-order valence-corrected chi connectivity index (χ3v) is 6.31. The van der Waals surface area contributed by atoms with E-state index in [1.165, 1.54) is 16.0 Å². The van der Waals surface area contributed by atoms with Crippen LogP contribution >= 0.6 is 0 Å². The highest BCUT2D eigenvalue weighted by Crippen LogP contribution is 2.44. The van der Waals surface area contributed by atoms with Gasteiger partial charge in [-0.05, 0) is 35.1 Å². The summed E-state index contributed by atoms with van der Waals surface area (Å²) in [4.78, 5) is 36.9. The van der Waals surface area contributed by atoms with Gasteiger partial charge in [0.1, 0.15) is 12.6 Å². The number of aliphatic hydroxyl groups is 1. The summed E-state index contributed by atoms with van der Waals surface area (Å²) in [5.41, 5.74) is 4.64. The number of rotatable bonds is 8. The summed E-state index contributed by atoms with van der Waals surface area (Å²) in [5.74, 6) is -1.39. The van der Waals surface area contributed by atoms with Crippen molar-refractivity contribution in [2.45, 2.75) is 43.7 Å². The zero-order valence-corrected chi connectivity index (χ0v) is 18.3. The van der Waals surface area contributed by atoms with Crippen molar-refractivity contribution in [1.29, 1.82) is 0 Å². The van der Waals surface area contributed by atoms with E-state index in [2.05, 4.69) is 29.6 Å². The molecule has 174 valence electrons. The second kappa shape index (κ2) is 10.0. The molecule has 0 bridgehead atoms. The van der Waals surface area contributed by atoms with Crippen molar-refractivity contribution in [3.05, 3.63) is 59.7 Å². The van der Waals surface area contributed by atoms with Crippen LogP contribution in [0.1, 0.15) is 42.7 Å². The molecular formula is C25H28N2O6. The third kappa shape index (κ3) is 5.01. The Morgan fingerprint density at radius 2 is 1.64 bits per heavy atom. The molecule has 0 unspecified atom stereocenters. The molecule has 1 aliphatic heterocycles. The fourth-order valence-electron chi connectivity index (χ4n) is 4.71. The number of hydrogen-bond donors (Lipinski definition) is 3. The molecule has 0 saturated carbocycles. The van der Waals surface area contributed by atoms with Crippen LogP contribution in [-0.4, -0.2) is 64.9 Å². The lowest BCUT2D eigenvalue weighted by Crippen LogP contribution is -2.40. The van der Waals surface area contributed by atoms with Crippen LogP contribution in [0.25, 0.3) is 11.1 Å². The topological polar surface area (TPSA) is 116 Å². The molecule has 8 heteroatoms. The summed E-state index contributed by atoms with van der Waals surface area (Å²) in [7, 11) is 0. The molecule has 8 nitrogen and oxygen atoms in total. The molecule has 1 aliphatic carbocycles. The van der Waals surface area contributed by atoms with Crippen LogP contribution in [0.5, 0.6) is 0 Å². The second-order valence-corrected chi connectivity index (χ2v) is 8.50. The molecule has 1 heterocycles. The van der Waals surface area contributed by atoms with Gasteiger partial charge in [-0.25, -0.2) is 9.59 Å². The molecule has 1 fully saturated rings. The average Bonchev–Trinajstić information content (AvgIpc) is 3.36. The van der Waals surface area contributed by atoms with Crippen LogP contribution in [0.2, 0.25) is 0 Å². The molecule has 1 saturated heterocycles. The number of alkyl carbamates (subject to hydrolysis) is 1. The van der Waals surface area contributed by atoms with E-state index in [0.29, 0.717) is 19.4 Å². The summed E-state index contributed by atoms with van der Waals surface area (Å²) in [6.07, 6.45) is -0.0132. The maximum Gasteiger partial charge on any atom is 0.407 e. The first-order valence-electron chi connectivity index (χ1n) is 11.2. The predicted molar refractivity (Wildman–Crippen MR) is 121 cm³/mol. The van der Waals surface area contributed by atoms with E-state index in [1.54, 1.807) is 0 Å². The maximum atomic E-state index is 12.3. The van der Waals surface area contributed by atoms with Crippen LogP contribution in [0, 0.1) is 0 Å². The summed E-state index contributed by atoms with van der Waals surface area (Å²) < 4.78 is 5.48. The quantitative estimate of drug-likeness (QED) is 0.531. The van der Waals surface area contributed by atoms with Crippen LogP contribution in [-0.2, 0) is 14.3 Å². The smallest absolute Gasteiger partial charge is 0.407 e. The second-order valence-electron chi connectivity index (χ2n) is 8.50. The number of carboxylic acid groups (broad SMARTS) is 1. The van der Waals surface area contributed by atoms with Gasteiger partial charge in [-0.1, -0.05) is 48.5 Å². The Bertz CT molecular complexity index is 994. The molecule has 33 heavy (non-hydrogen) atoms. The van der Waals surface area contributed by atoms with Crippen molar-refractivity contribution in [2.24, 2.45) is 0 Å². The zero-order chi connectivity index (χ0) is 23.4. The van der Waals surface area contributed by atoms with E-state index in [4.69, 9.17) is 4.74 Å². The van der Waals surface area contributed by atoms with Crippen molar-refractivity contribution >= 4 is 18.0 Å². The fraction of sp³-hybridized carbons (Fsp3) is 0.400. The number of carbonyl (C=O) groups excluding carboxylic acids is 2. The fourth-order valence-corrected chi connectivity index (χ4v) is 4.71. The molecule has 0 aromatic heterocycles. The van der Waals surface area contributed by atoms with Gasteiger partial charge in [-0.2, -0.15) is 0 Å². The van der Waals surface area contributed by atoms with E-state index < -0.39 is 24.2 Å². The number of nitrogens with one attached hydrogen (secondary N) is 1. The Labute approximate surface area is 192 Å². The molecule has 3 N–H and O–H groups in total. The number of nitrogens with zero attached hydrogens (tertiary/aromatic N) is 1. The van der Waals surface area contributed by atoms with E-state index in [0.717, 1.165) is 11.1 Å². The number of fused-ring (bicyclic) bond motifs is 3. The monoisotopic (exact) mass is 452 g/mol. The molecule has 0 spiro atoms. The third-order valence-electron chi connectivity index (χ3n) is 6.31. The SMILES string of the molecule is O=C(NCCCCC(=O)N1C[C@@H](O)C[C@H]1C(=O)O)OCC1c2ccccc2-c2ccccc21. The Morgan fingerprint density at radius 1 is 1.00 bits per heavy atom. The predicted octanol–water partition coefficient (Wildman–Crippen LogP) is 2.74. The summed E-state index contributed by atoms with van der Waals surface area (Å²) in [6, 6.07) is 15.3. The molecular weight excluding hydrogens is 424 g/mol. The number of amides is 2. The highest BCUT2D eigenvalue weighted by molar-refractivity contribution is 5.84. The standard InChI is InChI=1S/C25H28N2O6/c28-16-13-22(24(30)31)27(14-16)23(29)11-5-6-12-26-25(32)33-15-21-19-9-3-1-7-17(19)18-8-2-4-10-20(18)21/h1-4,7-10,16,21-22,28H,5-6,11-15H2,(H,26,32)(H,30,31)/t16-,22-/m0/s1. The van der Waals surface area contributed by atoms with Crippen LogP contribution in [0.15, 0.2) is 48.5 Å². The van der Waals surface area contributed by atoms with E-state index >= 15 is 0 Å². The minimum atomic E-state index is -1.10. The number of carbonyl (C=O) groups is 3. The Hall–Kier alpha value is -3.39. The van der Waals surface area contributed by atoms with Gasteiger partial charge in [0.25, 0.3) is 0 Å². The summed E-state index contributed by atoms with van der Waals surface area (Å²) in [5, 5.41) is 21.6. The first-order valence-corrected chi connectivity index (χ1v) is 11.2. The Morgan fingerprint density at radius 3 is 2.27 bits per heavy atom. The first kappa shape index (κ1) is 22.8. The lowest BCUT2D eigenvalue weighted by atomic mass is 9.98. The van der Waals surface area contributed by atoms with E-state index in [9.17, 15) is 24.6 Å². The Kier molecular flexibility index (Phi) is 6.93. The largest absolute Gasteiger partial charge is 0.480 e. The molecule has 2 atom stereocenters. The summed E-state index contributed by atoms with van der Waals surface area (Å²) >= 11 is 0. The van der Waals surface area contributed by atoms with Gasteiger partial charge in [0, 0.05) is 31.8 Å². The van der Waals surface area contributed by atoms with Gasteiger partial charge < -0.3 is 25.2 Å². The summed E-state index contributed by atoms with van der Waals surface area (Å²) in [6.45, 7) is 0.648. The first-order chi connectivity index (χ1) is 16.0. The number of aliphatic hydroxyl groups excluding tert-OH is 1. The highest BCUT2D eigenvalue weighted by Gasteiger charge is 2.38. The molecule has 2 aromatic rings.